The molecule has 1 radical (unpaired) electrons. The van der Waals surface area contributed by atoms with Gasteiger partial charge in [-0.15, -0.1) is 0 Å². The highest BCUT2D eigenvalue weighted by molar-refractivity contribution is 7.89. The van der Waals surface area contributed by atoms with Crippen LogP contribution in [0, 0.1) is 6.07 Å². The van der Waals surface area contributed by atoms with Crippen molar-refractivity contribution in [3.63, 3.8) is 0 Å². The Labute approximate surface area is 136 Å². The normalized spacial score (nSPS) is 11.7. The molecule has 3 nitrogen and oxygen atoms in total. The van der Waals surface area contributed by atoms with Crippen LogP contribution in [0.5, 0.6) is 0 Å². The van der Waals surface area contributed by atoms with E-state index in [1.165, 1.54) is 51.4 Å². The van der Waals surface area contributed by atoms with Crippen molar-refractivity contribution in [2.24, 2.45) is 0 Å². The van der Waals surface area contributed by atoms with Crippen molar-refractivity contribution in [1.82, 2.24) is 4.72 Å². The highest BCUT2D eigenvalue weighted by atomic mass is 32.2. The third-order valence-electron chi connectivity index (χ3n) is 3.82. The minimum absolute atomic E-state index is 0.318. The average Bonchev–Trinajstić information content (AvgIpc) is 2.53. The number of hydrogen-bond acceptors (Lipinski definition) is 2. The van der Waals surface area contributed by atoms with Crippen molar-refractivity contribution in [2.75, 3.05) is 6.54 Å². The van der Waals surface area contributed by atoms with Crippen LogP contribution in [-0.4, -0.2) is 15.0 Å². The van der Waals surface area contributed by atoms with Gasteiger partial charge in [0, 0.05) is 6.54 Å². The van der Waals surface area contributed by atoms with E-state index in [9.17, 15) is 8.42 Å². The maximum atomic E-state index is 12.0. The van der Waals surface area contributed by atoms with Gasteiger partial charge in [0.05, 0.1) is 4.90 Å². The van der Waals surface area contributed by atoms with Gasteiger partial charge in [0.1, 0.15) is 0 Å². The van der Waals surface area contributed by atoms with Gasteiger partial charge in [-0.1, -0.05) is 76.8 Å². The van der Waals surface area contributed by atoms with E-state index < -0.39 is 10.0 Å². The van der Waals surface area contributed by atoms with Crippen molar-refractivity contribution < 1.29 is 8.42 Å². The van der Waals surface area contributed by atoms with E-state index in [2.05, 4.69) is 17.7 Å². The zero-order chi connectivity index (χ0) is 16.1. The number of rotatable bonds is 13. The fourth-order valence-electron chi connectivity index (χ4n) is 2.45. The number of unbranched alkanes of at least 4 members (excludes halogenated alkanes) is 9. The van der Waals surface area contributed by atoms with Gasteiger partial charge >= 0.3 is 0 Å². The van der Waals surface area contributed by atoms with Crippen molar-refractivity contribution in [2.45, 2.75) is 76.0 Å². The molecule has 0 saturated carbocycles. The zero-order valence-electron chi connectivity index (χ0n) is 13.8. The molecular weight excluding hydrogens is 294 g/mol. The van der Waals surface area contributed by atoms with E-state index in [0.29, 0.717) is 11.4 Å². The van der Waals surface area contributed by atoms with Crippen LogP contribution in [0.4, 0.5) is 0 Å². The molecule has 4 heteroatoms. The number of nitrogens with one attached hydrogen (secondary N) is 1. The summed E-state index contributed by atoms with van der Waals surface area (Å²) in [6.07, 6.45) is 12.5. The minimum atomic E-state index is -3.34. The van der Waals surface area contributed by atoms with Crippen molar-refractivity contribution in [3.8, 4) is 0 Å². The van der Waals surface area contributed by atoms with Crippen molar-refractivity contribution in [3.05, 3.63) is 30.3 Å². The second kappa shape index (κ2) is 11.7. The Kier molecular flexibility index (Phi) is 10.2. The lowest BCUT2D eigenvalue weighted by atomic mass is 10.1. The molecule has 0 heterocycles. The Bertz CT molecular complexity index is 471. The van der Waals surface area contributed by atoms with E-state index in [0.717, 1.165) is 12.8 Å². The van der Waals surface area contributed by atoms with Gasteiger partial charge in [0.2, 0.25) is 10.0 Å². The molecule has 1 aromatic rings. The molecule has 0 unspecified atom stereocenters. The summed E-state index contributed by atoms with van der Waals surface area (Å²) in [6, 6.07) is 9.21. The topological polar surface area (TPSA) is 46.2 Å². The Morgan fingerprint density at radius 2 is 1.36 bits per heavy atom. The molecule has 1 rings (SSSR count). The molecule has 0 spiro atoms. The van der Waals surface area contributed by atoms with Gasteiger partial charge in [-0.2, -0.15) is 0 Å². The fraction of sp³-hybridized carbons (Fsp3) is 0.667. The maximum absolute atomic E-state index is 12.0. The average molecular weight is 325 g/mol. The van der Waals surface area contributed by atoms with Gasteiger partial charge in [0.15, 0.2) is 0 Å². The summed E-state index contributed by atoms with van der Waals surface area (Å²) < 4.78 is 26.6. The molecule has 0 aromatic heterocycles. The summed E-state index contributed by atoms with van der Waals surface area (Å²) in [7, 11) is -3.34. The van der Waals surface area contributed by atoms with Gasteiger partial charge in [-0.3, -0.25) is 0 Å². The number of sulfonamides is 1. The molecule has 125 valence electrons. The first-order valence-electron chi connectivity index (χ1n) is 8.62. The quantitative estimate of drug-likeness (QED) is 0.535. The first-order valence-corrected chi connectivity index (χ1v) is 10.1. The standard InChI is InChI=1S/C18H30NO2S/c1-2-3-4-5-6-7-8-9-10-14-17-19-22(20,21)18-15-12-11-13-16-18/h12-13,15-16,19H,2-10,14,17H2,1H3. The zero-order valence-corrected chi connectivity index (χ0v) is 14.6. The second-order valence-electron chi connectivity index (χ2n) is 5.82. The van der Waals surface area contributed by atoms with E-state index in [1.807, 2.05) is 0 Å². The summed E-state index contributed by atoms with van der Waals surface area (Å²) in [5.41, 5.74) is 0. The smallest absolute Gasteiger partial charge is 0.211 e. The van der Waals surface area contributed by atoms with Crippen LogP contribution in [0.15, 0.2) is 29.2 Å². The van der Waals surface area contributed by atoms with E-state index in [1.54, 1.807) is 24.3 Å². The molecule has 0 fully saturated rings. The van der Waals surface area contributed by atoms with Gasteiger partial charge < -0.3 is 0 Å². The van der Waals surface area contributed by atoms with Crippen LogP contribution in [0.1, 0.15) is 71.1 Å². The highest BCUT2D eigenvalue weighted by Crippen LogP contribution is 2.11. The van der Waals surface area contributed by atoms with Crippen LogP contribution in [-0.2, 0) is 10.0 Å². The summed E-state index contributed by atoms with van der Waals surface area (Å²) >= 11 is 0. The van der Waals surface area contributed by atoms with Crippen LogP contribution < -0.4 is 4.72 Å². The molecule has 22 heavy (non-hydrogen) atoms. The summed E-state index contributed by atoms with van der Waals surface area (Å²) in [5, 5.41) is 0. The fourth-order valence-corrected chi connectivity index (χ4v) is 3.53. The highest BCUT2D eigenvalue weighted by Gasteiger charge is 2.11. The molecule has 0 aliphatic carbocycles. The first-order chi connectivity index (χ1) is 10.7. The van der Waals surface area contributed by atoms with Gasteiger partial charge in [-0.05, 0) is 24.6 Å². The van der Waals surface area contributed by atoms with Crippen molar-refractivity contribution in [1.29, 1.82) is 0 Å². The second-order valence-corrected chi connectivity index (χ2v) is 7.58. The van der Waals surface area contributed by atoms with Crippen LogP contribution in [0.3, 0.4) is 0 Å². The number of benzene rings is 1. The molecular formula is C18H30NO2S. The Morgan fingerprint density at radius 3 is 1.91 bits per heavy atom. The molecule has 0 atom stereocenters. The summed E-state index contributed by atoms with van der Waals surface area (Å²) in [4.78, 5) is 0.318. The number of hydrogen-bond donors (Lipinski definition) is 1. The van der Waals surface area contributed by atoms with E-state index in [-0.39, 0.29) is 0 Å². The van der Waals surface area contributed by atoms with E-state index >= 15 is 0 Å². The molecule has 0 amide bonds. The molecule has 0 bridgehead atoms. The predicted octanol–water partition coefficient (Wildman–Crippen LogP) is 4.69. The molecule has 1 N–H and O–H groups in total. The minimum Gasteiger partial charge on any atom is -0.211 e. The predicted molar refractivity (Wildman–Crippen MR) is 92.3 cm³/mol. The van der Waals surface area contributed by atoms with Crippen LogP contribution in [0.25, 0.3) is 0 Å². The third kappa shape index (κ3) is 8.54. The maximum Gasteiger partial charge on any atom is 0.240 e. The molecule has 0 aliphatic heterocycles. The largest absolute Gasteiger partial charge is 0.240 e. The van der Waals surface area contributed by atoms with E-state index in [4.69, 9.17) is 0 Å². The summed E-state index contributed by atoms with van der Waals surface area (Å²) in [5.74, 6) is 0. The van der Waals surface area contributed by atoms with Gasteiger partial charge in [-0.25, -0.2) is 13.1 Å². The molecule has 0 aliphatic rings. The van der Waals surface area contributed by atoms with Crippen LogP contribution >= 0.6 is 0 Å². The SMILES string of the molecule is CCCCCCCCCCCCNS(=O)(=O)c1cc[c]cc1. The summed E-state index contributed by atoms with van der Waals surface area (Å²) in [6.45, 7) is 2.77. The van der Waals surface area contributed by atoms with Crippen molar-refractivity contribution >= 4 is 10.0 Å². The monoisotopic (exact) mass is 324 g/mol. The Morgan fingerprint density at radius 1 is 0.864 bits per heavy atom. The van der Waals surface area contributed by atoms with Gasteiger partial charge in [0.25, 0.3) is 0 Å². The Hall–Kier alpha value is -0.870. The Balaban J connectivity index is 1.99. The lowest BCUT2D eigenvalue weighted by Gasteiger charge is -2.06. The molecule has 1 aromatic carbocycles. The first kappa shape index (κ1) is 19.2. The molecule has 0 saturated heterocycles. The third-order valence-corrected chi connectivity index (χ3v) is 5.30. The van der Waals surface area contributed by atoms with Crippen LogP contribution in [0.2, 0.25) is 0 Å². The lowest BCUT2D eigenvalue weighted by molar-refractivity contribution is 0.549. The lowest BCUT2D eigenvalue weighted by Crippen LogP contribution is -2.24.